The molecule has 8 nitrogen and oxygen atoms in total. The lowest BCUT2D eigenvalue weighted by Crippen LogP contribution is -2.41. The number of urea groups is 1. The highest BCUT2D eigenvalue weighted by Gasteiger charge is 2.49. The normalized spacial score (nSPS) is 19.7. The SMILES string of the molecule is CCCOc1ccc(OCCN2C(=O)N[C@@](C)(c3ccc4c(c3)OCO4)C2=O)cc1. The molecule has 1 atom stereocenters. The van der Waals surface area contributed by atoms with Crippen molar-refractivity contribution in [2.24, 2.45) is 0 Å². The van der Waals surface area contributed by atoms with E-state index in [0.29, 0.717) is 29.4 Å². The Kier molecular flexibility index (Phi) is 5.39. The Morgan fingerprint density at radius 2 is 1.67 bits per heavy atom. The summed E-state index contributed by atoms with van der Waals surface area (Å²) in [7, 11) is 0. The van der Waals surface area contributed by atoms with Crippen LogP contribution in [0.3, 0.4) is 0 Å². The van der Waals surface area contributed by atoms with E-state index in [9.17, 15) is 9.59 Å². The molecule has 1 fully saturated rings. The van der Waals surface area contributed by atoms with Crippen molar-refractivity contribution in [2.75, 3.05) is 26.6 Å². The summed E-state index contributed by atoms with van der Waals surface area (Å²) >= 11 is 0. The molecule has 0 aromatic heterocycles. The van der Waals surface area contributed by atoms with E-state index in [1.54, 1.807) is 37.3 Å². The monoisotopic (exact) mass is 412 g/mol. The number of rotatable bonds is 8. The molecule has 2 aliphatic heterocycles. The average Bonchev–Trinajstić information content (AvgIpc) is 3.31. The molecule has 0 aliphatic carbocycles. The summed E-state index contributed by atoms with van der Waals surface area (Å²) < 4.78 is 21.9. The smallest absolute Gasteiger partial charge is 0.325 e. The third-order valence-corrected chi connectivity index (χ3v) is 5.11. The first-order valence-electron chi connectivity index (χ1n) is 9.91. The van der Waals surface area contributed by atoms with Crippen LogP contribution in [0.4, 0.5) is 4.79 Å². The van der Waals surface area contributed by atoms with Crippen molar-refractivity contribution in [3.8, 4) is 23.0 Å². The maximum atomic E-state index is 13.0. The Hall–Kier alpha value is -3.42. The van der Waals surface area contributed by atoms with Gasteiger partial charge in [-0.3, -0.25) is 9.69 Å². The molecule has 0 unspecified atom stereocenters. The average molecular weight is 412 g/mol. The van der Waals surface area contributed by atoms with Crippen LogP contribution in [0.15, 0.2) is 42.5 Å². The second-order valence-electron chi connectivity index (χ2n) is 7.25. The van der Waals surface area contributed by atoms with Crippen LogP contribution in [0.1, 0.15) is 25.8 Å². The van der Waals surface area contributed by atoms with Gasteiger partial charge in [0.25, 0.3) is 5.91 Å². The lowest BCUT2D eigenvalue weighted by Gasteiger charge is -2.22. The summed E-state index contributed by atoms with van der Waals surface area (Å²) in [5.41, 5.74) is -0.535. The first-order chi connectivity index (χ1) is 14.5. The Labute approximate surface area is 174 Å². The van der Waals surface area contributed by atoms with E-state index >= 15 is 0 Å². The van der Waals surface area contributed by atoms with Crippen LogP contribution in [0.5, 0.6) is 23.0 Å². The van der Waals surface area contributed by atoms with Crippen molar-refractivity contribution in [2.45, 2.75) is 25.8 Å². The molecule has 2 aromatic carbocycles. The Balaban J connectivity index is 1.37. The number of hydrogen-bond acceptors (Lipinski definition) is 6. The van der Waals surface area contributed by atoms with Crippen molar-refractivity contribution >= 4 is 11.9 Å². The van der Waals surface area contributed by atoms with E-state index in [-0.39, 0.29) is 25.9 Å². The third-order valence-electron chi connectivity index (χ3n) is 5.11. The highest BCUT2D eigenvalue weighted by Crippen LogP contribution is 2.37. The van der Waals surface area contributed by atoms with Gasteiger partial charge in [-0.05, 0) is 55.3 Å². The molecule has 0 bridgehead atoms. The third kappa shape index (κ3) is 3.72. The molecule has 4 rings (SSSR count). The molecule has 0 spiro atoms. The largest absolute Gasteiger partial charge is 0.494 e. The molecular formula is C22H24N2O6. The number of amides is 3. The first kappa shape index (κ1) is 19.9. The second-order valence-corrected chi connectivity index (χ2v) is 7.25. The summed E-state index contributed by atoms with van der Waals surface area (Å²) in [4.78, 5) is 26.7. The van der Waals surface area contributed by atoms with Gasteiger partial charge >= 0.3 is 6.03 Å². The van der Waals surface area contributed by atoms with Gasteiger partial charge in [-0.1, -0.05) is 13.0 Å². The van der Waals surface area contributed by atoms with Crippen LogP contribution in [-0.2, 0) is 10.3 Å². The van der Waals surface area contributed by atoms with E-state index in [1.165, 1.54) is 4.90 Å². The molecule has 158 valence electrons. The molecule has 0 radical (unpaired) electrons. The van der Waals surface area contributed by atoms with Gasteiger partial charge in [-0.25, -0.2) is 4.79 Å². The zero-order valence-corrected chi connectivity index (χ0v) is 17.0. The lowest BCUT2D eigenvalue weighted by molar-refractivity contribution is -0.131. The molecule has 2 heterocycles. The molecule has 3 amide bonds. The van der Waals surface area contributed by atoms with Gasteiger partial charge in [-0.2, -0.15) is 0 Å². The topological polar surface area (TPSA) is 86.3 Å². The standard InChI is InChI=1S/C22H24N2O6/c1-3-11-27-16-5-7-17(8-6-16)28-12-10-24-20(25)22(2,23-21(24)26)15-4-9-18-19(13-15)30-14-29-18/h4-9,13H,3,10-12,14H2,1-2H3,(H,23,26)/t22-/m0/s1. The number of nitrogens with one attached hydrogen (secondary N) is 1. The van der Waals surface area contributed by atoms with Crippen LogP contribution in [0.2, 0.25) is 0 Å². The number of benzene rings is 2. The summed E-state index contributed by atoms with van der Waals surface area (Å²) in [6.07, 6.45) is 0.940. The van der Waals surface area contributed by atoms with Crippen LogP contribution in [0.25, 0.3) is 0 Å². The summed E-state index contributed by atoms with van der Waals surface area (Å²) in [6.45, 7) is 4.86. The second kappa shape index (κ2) is 8.14. The highest BCUT2D eigenvalue weighted by molar-refractivity contribution is 6.07. The number of nitrogens with zero attached hydrogens (tertiary/aromatic N) is 1. The Bertz CT molecular complexity index is 945. The first-order valence-corrected chi connectivity index (χ1v) is 9.91. The predicted molar refractivity (Wildman–Crippen MR) is 108 cm³/mol. The van der Waals surface area contributed by atoms with Crippen LogP contribution in [0, 0.1) is 0 Å². The van der Waals surface area contributed by atoms with Crippen LogP contribution in [-0.4, -0.2) is 43.4 Å². The fourth-order valence-corrected chi connectivity index (χ4v) is 3.41. The van der Waals surface area contributed by atoms with Gasteiger partial charge in [-0.15, -0.1) is 0 Å². The Morgan fingerprint density at radius 1 is 1.00 bits per heavy atom. The quantitative estimate of drug-likeness (QED) is 0.671. The molecule has 1 saturated heterocycles. The number of fused-ring (bicyclic) bond motifs is 1. The van der Waals surface area contributed by atoms with Gasteiger partial charge in [0.2, 0.25) is 6.79 Å². The van der Waals surface area contributed by atoms with Gasteiger partial charge in [0.15, 0.2) is 11.5 Å². The van der Waals surface area contributed by atoms with Crippen molar-refractivity contribution in [1.29, 1.82) is 0 Å². The van der Waals surface area contributed by atoms with E-state index in [0.717, 1.165) is 12.2 Å². The van der Waals surface area contributed by atoms with Crippen molar-refractivity contribution in [1.82, 2.24) is 10.2 Å². The minimum atomic E-state index is -1.17. The zero-order chi connectivity index (χ0) is 21.1. The number of imide groups is 1. The molecule has 2 aromatic rings. The minimum Gasteiger partial charge on any atom is -0.494 e. The van der Waals surface area contributed by atoms with Gasteiger partial charge in [0.1, 0.15) is 23.6 Å². The highest BCUT2D eigenvalue weighted by atomic mass is 16.7. The summed E-state index contributed by atoms with van der Waals surface area (Å²) in [5, 5.41) is 2.78. The van der Waals surface area contributed by atoms with Crippen molar-refractivity contribution in [3.63, 3.8) is 0 Å². The predicted octanol–water partition coefficient (Wildman–Crippen LogP) is 3.05. The lowest BCUT2D eigenvalue weighted by atomic mass is 9.91. The fraction of sp³-hybridized carbons (Fsp3) is 0.364. The number of hydrogen-bond donors (Lipinski definition) is 1. The maximum absolute atomic E-state index is 13.0. The van der Waals surface area contributed by atoms with Crippen molar-refractivity contribution in [3.05, 3.63) is 48.0 Å². The van der Waals surface area contributed by atoms with E-state index in [1.807, 2.05) is 19.1 Å². The molecule has 8 heteroatoms. The fourth-order valence-electron chi connectivity index (χ4n) is 3.41. The zero-order valence-electron chi connectivity index (χ0n) is 17.0. The molecule has 0 saturated carbocycles. The molecule has 1 N–H and O–H groups in total. The maximum Gasteiger partial charge on any atom is 0.325 e. The minimum absolute atomic E-state index is 0.138. The van der Waals surface area contributed by atoms with Crippen LogP contribution >= 0.6 is 0 Å². The van der Waals surface area contributed by atoms with E-state index in [4.69, 9.17) is 18.9 Å². The molecular weight excluding hydrogens is 388 g/mol. The summed E-state index contributed by atoms with van der Waals surface area (Å²) in [5.74, 6) is 2.26. The van der Waals surface area contributed by atoms with Gasteiger partial charge in [0.05, 0.1) is 13.2 Å². The van der Waals surface area contributed by atoms with Gasteiger partial charge < -0.3 is 24.3 Å². The van der Waals surface area contributed by atoms with E-state index in [2.05, 4.69) is 5.32 Å². The van der Waals surface area contributed by atoms with E-state index < -0.39 is 11.6 Å². The molecule has 2 aliphatic rings. The molecule has 30 heavy (non-hydrogen) atoms. The van der Waals surface area contributed by atoms with Gasteiger partial charge in [0, 0.05) is 0 Å². The Morgan fingerprint density at radius 3 is 2.37 bits per heavy atom. The number of carbonyl (C=O) groups excluding carboxylic acids is 2. The summed E-state index contributed by atoms with van der Waals surface area (Å²) in [6, 6.07) is 12.0. The number of ether oxygens (including phenoxy) is 4. The van der Waals surface area contributed by atoms with Crippen LogP contribution < -0.4 is 24.3 Å². The number of carbonyl (C=O) groups is 2. The van der Waals surface area contributed by atoms with Crippen molar-refractivity contribution < 1.29 is 28.5 Å².